The molecule has 0 amide bonds. The van der Waals surface area contributed by atoms with Crippen molar-refractivity contribution < 1.29 is 9.53 Å². The second-order valence-corrected chi connectivity index (χ2v) is 3.83. The van der Waals surface area contributed by atoms with Gasteiger partial charge in [-0.1, -0.05) is 6.92 Å². The van der Waals surface area contributed by atoms with E-state index in [0.29, 0.717) is 23.6 Å². The zero-order chi connectivity index (χ0) is 12.8. The number of likely N-dealkylation sites (N-methyl/N-ethyl adjacent to an activating group) is 1. The van der Waals surface area contributed by atoms with Gasteiger partial charge >= 0.3 is 0 Å². The van der Waals surface area contributed by atoms with Crippen LogP contribution in [0.4, 0.5) is 5.69 Å². The Labute approximate surface area is 102 Å². The van der Waals surface area contributed by atoms with Crippen LogP contribution < -0.4 is 15.8 Å². The maximum atomic E-state index is 12.0. The van der Waals surface area contributed by atoms with Gasteiger partial charge in [0.2, 0.25) is 0 Å². The number of ether oxygens (including phenoxy) is 1. The van der Waals surface area contributed by atoms with E-state index in [1.54, 1.807) is 18.2 Å². The number of anilines is 1. The molecular formula is C13H20N2O2. The van der Waals surface area contributed by atoms with Crippen molar-refractivity contribution in [1.82, 2.24) is 5.32 Å². The van der Waals surface area contributed by atoms with Crippen LogP contribution in [-0.2, 0) is 0 Å². The van der Waals surface area contributed by atoms with Crippen LogP contribution in [0.1, 0.15) is 31.1 Å². The summed E-state index contributed by atoms with van der Waals surface area (Å²) >= 11 is 0. The summed E-state index contributed by atoms with van der Waals surface area (Å²) in [4.78, 5) is 12.0. The van der Waals surface area contributed by atoms with Crippen LogP contribution in [0.5, 0.6) is 5.75 Å². The molecule has 17 heavy (non-hydrogen) atoms. The van der Waals surface area contributed by atoms with E-state index in [1.165, 1.54) is 0 Å². The number of rotatable bonds is 6. The van der Waals surface area contributed by atoms with Gasteiger partial charge in [0.05, 0.1) is 18.3 Å². The molecule has 0 heterocycles. The number of benzene rings is 1. The number of Topliss-reactive ketones (excluding diaryl/α,β-unsaturated/α-hetero) is 1. The molecule has 0 bridgehead atoms. The lowest BCUT2D eigenvalue weighted by Gasteiger charge is -2.13. The van der Waals surface area contributed by atoms with Crippen LogP contribution in [-0.4, -0.2) is 25.0 Å². The highest BCUT2D eigenvalue weighted by atomic mass is 16.5. The fourth-order valence-corrected chi connectivity index (χ4v) is 1.64. The zero-order valence-corrected chi connectivity index (χ0v) is 10.6. The first kappa shape index (κ1) is 13.5. The largest absolute Gasteiger partial charge is 0.492 e. The standard InChI is InChI=1S/C13H20N2O2/c1-4-15-9(3)13(16)10-6-7-12(17-5-2)11(14)8-10/h6-9,15H,4-5,14H2,1-3H3. The van der Waals surface area contributed by atoms with Gasteiger partial charge in [-0.25, -0.2) is 0 Å². The molecule has 1 atom stereocenters. The lowest BCUT2D eigenvalue weighted by molar-refractivity contribution is 0.0952. The van der Waals surface area contributed by atoms with Crippen LogP contribution >= 0.6 is 0 Å². The Kier molecular flexibility index (Phi) is 4.97. The van der Waals surface area contributed by atoms with E-state index >= 15 is 0 Å². The molecule has 0 aliphatic rings. The summed E-state index contributed by atoms with van der Waals surface area (Å²) in [5.41, 5.74) is 6.93. The van der Waals surface area contributed by atoms with Gasteiger partial charge in [0.1, 0.15) is 5.75 Å². The number of nitrogen functional groups attached to an aromatic ring is 1. The van der Waals surface area contributed by atoms with Crippen molar-refractivity contribution in [3.63, 3.8) is 0 Å². The van der Waals surface area contributed by atoms with E-state index in [2.05, 4.69) is 5.32 Å². The topological polar surface area (TPSA) is 64.3 Å². The zero-order valence-electron chi connectivity index (χ0n) is 10.6. The van der Waals surface area contributed by atoms with Crippen molar-refractivity contribution in [2.24, 2.45) is 0 Å². The summed E-state index contributed by atoms with van der Waals surface area (Å²) in [6.45, 7) is 7.03. The van der Waals surface area contributed by atoms with Gasteiger partial charge in [-0.15, -0.1) is 0 Å². The third-order valence-corrected chi connectivity index (χ3v) is 2.50. The van der Waals surface area contributed by atoms with Crippen LogP contribution in [0.2, 0.25) is 0 Å². The minimum Gasteiger partial charge on any atom is -0.492 e. The second-order valence-electron chi connectivity index (χ2n) is 3.83. The molecule has 1 unspecified atom stereocenters. The molecule has 3 N–H and O–H groups in total. The molecule has 0 spiro atoms. The molecule has 0 aliphatic carbocycles. The predicted octanol–water partition coefficient (Wildman–Crippen LogP) is 1.85. The third kappa shape index (κ3) is 3.46. The Morgan fingerprint density at radius 2 is 2.18 bits per heavy atom. The summed E-state index contributed by atoms with van der Waals surface area (Å²) in [5, 5.41) is 3.08. The molecule has 4 heteroatoms. The minimum absolute atomic E-state index is 0.0431. The van der Waals surface area contributed by atoms with E-state index in [9.17, 15) is 4.79 Å². The van der Waals surface area contributed by atoms with Crippen molar-refractivity contribution in [2.45, 2.75) is 26.8 Å². The maximum absolute atomic E-state index is 12.0. The fourth-order valence-electron chi connectivity index (χ4n) is 1.64. The summed E-state index contributed by atoms with van der Waals surface area (Å²) in [7, 11) is 0. The number of nitrogens with two attached hydrogens (primary N) is 1. The Morgan fingerprint density at radius 1 is 1.47 bits per heavy atom. The van der Waals surface area contributed by atoms with Crippen LogP contribution in [0.15, 0.2) is 18.2 Å². The van der Waals surface area contributed by atoms with Crippen LogP contribution in [0, 0.1) is 0 Å². The molecule has 0 radical (unpaired) electrons. The van der Waals surface area contributed by atoms with Crippen molar-refractivity contribution in [3.8, 4) is 5.75 Å². The molecule has 0 saturated carbocycles. The van der Waals surface area contributed by atoms with E-state index in [0.717, 1.165) is 6.54 Å². The van der Waals surface area contributed by atoms with Gasteiger partial charge in [-0.05, 0) is 38.6 Å². The van der Waals surface area contributed by atoms with E-state index in [4.69, 9.17) is 10.5 Å². The van der Waals surface area contributed by atoms with Gasteiger partial charge in [-0.2, -0.15) is 0 Å². The highest BCUT2D eigenvalue weighted by Crippen LogP contribution is 2.23. The van der Waals surface area contributed by atoms with E-state index in [1.807, 2.05) is 20.8 Å². The highest BCUT2D eigenvalue weighted by Gasteiger charge is 2.15. The number of hydrogen-bond acceptors (Lipinski definition) is 4. The average molecular weight is 236 g/mol. The SMILES string of the molecule is CCNC(C)C(=O)c1ccc(OCC)c(N)c1. The number of carbonyl (C=O) groups excluding carboxylic acids is 1. The van der Waals surface area contributed by atoms with Crippen molar-refractivity contribution in [1.29, 1.82) is 0 Å². The van der Waals surface area contributed by atoms with Gasteiger partial charge < -0.3 is 15.8 Å². The predicted molar refractivity (Wildman–Crippen MR) is 69.5 cm³/mol. The molecule has 94 valence electrons. The smallest absolute Gasteiger partial charge is 0.179 e. The van der Waals surface area contributed by atoms with Gasteiger partial charge in [0.15, 0.2) is 5.78 Å². The molecule has 0 aromatic heterocycles. The lowest BCUT2D eigenvalue weighted by Crippen LogP contribution is -2.33. The molecule has 0 aliphatic heterocycles. The molecule has 1 aromatic rings. The first-order valence-electron chi connectivity index (χ1n) is 5.90. The van der Waals surface area contributed by atoms with E-state index < -0.39 is 0 Å². The summed E-state index contributed by atoms with van der Waals surface area (Å²) in [5.74, 6) is 0.668. The third-order valence-electron chi connectivity index (χ3n) is 2.50. The number of hydrogen-bond donors (Lipinski definition) is 2. The van der Waals surface area contributed by atoms with Crippen molar-refractivity contribution in [2.75, 3.05) is 18.9 Å². The lowest BCUT2D eigenvalue weighted by atomic mass is 10.0. The Morgan fingerprint density at radius 3 is 2.71 bits per heavy atom. The summed E-state index contributed by atoms with van der Waals surface area (Å²) in [6.07, 6.45) is 0. The maximum Gasteiger partial charge on any atom is 0.179 e. The summed E-state index contributed by atoms with van der Waals surface area (Å²) in [6, 6.07) is 4.96. The first-order chi connectivity index (χ1) is 8.10. The monoisotopic (exact) mass is 236 g/mol. The summed E-state index contributed by atoms with van der Waals surface area (Å²) < 4.78 is 5.33. The molecule has 1 rings (SSSR count). The molecule has 0 saturated heterocycles. The van der Waals surface area contributed by atoms with E-state index in [-0.39, 0.29) is 11.8 Å². The molecule has 1 aromatic carbocycles. The fraction of sp³-hybridized carbons (Fsp3) is 0.462. The normalized spacial score (nSPS) is 12.2. The van der Waals surface area contributed by atoms with Gasteiger partial charge in [-0.3, -0.25) is 4.79 Å². The van der Waals surface area contributed by atoms with Gasteiger partial charge in [0.25, 0.3) is 0 Å². The van der Waals surface area contributed by atoms with Gasteiger partial charge in [0, 0.05) is 5.56 Å². The first-order valence-corrected chi connectivity index (χ1v) is 5.90. The molecule has 0 fully saturated rings. The Bertz CT molecular complexity index is 391. The average Bonchev–Trinajstić information content (AvgIpc) is 2.31. The van der Waals surface area contributed by atoms with Crippen molar-refractivity contribution in [3.05, 3.63) is 23.8 Å². The van der Waals surface area contributed by atoms with Crippen LogP contribution in [0.25, 0.3) is 0 Å². The quantitative estimate of drug-likeness (QED) is 0.584. The number of carbonyl (C=O) groups is 1. The van der Waals surface area contributed by atoms with Crippen LogP contribution in [0.3, 0.4) is 0 Å². The Hall–Kier alpha value is -1.55. The minimum atomic E-state index is -0.197. The number of nitrogens with one attached hydrogen (secondary N) is 1. The Balaban J connectivity index is 2.85. The van der Waals surface area contributed by atoms with Crippen molar-refractivity contribution >= 4 is 11.5 Å². The number of ketones is 1. The molecule has 4 nitrogen and oxygen atoms in total. The second kappa shape index (κ2) is 6.25. The molecular weight excluding hydrogens is 216 g/mol. The highest BCUT2D eigenvalue weighted by molar-refractivity contribution is 6.00.